The molecule has 2 N–H and O–H groups in total. The minimum Gasteiger partial charge on any atom is -0.449 e. The summed E-state index contributed by atoms with van der Waals surface area (Å²) in [6.45, 7) is 2.22. The molecule has 0 saturated carbocycles. The van der Waals surface area contributed by atoms with Crippen LogP contribution < -0.4 is 10.6 Å². The summed E-state index contributed by atoms with van der Waals surface area (Å²) in [5.41, 5.74) is 0.00971. The Hall–Kier alpha value is -2.46. The Kier molecular flexibility index (Phi) is 7.53. The van der Waals surface area contributed by atoms with Crippen LogP contribution >= 0.6 is 0 Å². The van der Waals surface area contributed by atoms with Gasteiger partial charge in [0.1, 0.15) is 0 Å². The summed E-state index contributed by atoms with van der Waals surface area (Å²) in [6.07, 6.45) is 2.37. The molecule has 1 aliphatic heterocycles. The first-order chi connectivity index (χ1) is 13.3. The lowest BCUT2D eigenvalue weighted by atomic mass is 10.2. The largest absolute Gasteiger partial charge is 0.449 e. The van der Waals surface area contributed by atoms with Crippen LogP contribution in [0.4, 0.5) is 4.79 Å². The van der Waals surface area contributed by atoms with Gasteiger partial charge in [-0.15, -0.1) is 0 Å². The zero-order valence-corrected chi connectivity index (χ0v) is 16.8. The van der Waals surface area contributed by atoms with E-state index in [0.29, 0.717) is 13.1 Å². The number of rotatable bonds is 5. The van der Waals surface area contributed by atoms with E-state index in [1.54, 1.807) is 0 Å². The van der Waals surface area contributed by atoms with Crippen LogP contribution in [0.3, 0.4) is 0 Å². The average Bonchev–Trinajstić information content (AvgIpc) is 2.97. The first-order valence-electron chi connectivity index (χ1n) is 9.09. The van der Waals surface area contributed by atoms with Gasteiger partial charge in [0.15, 0.2) is 6.10 Å². The van der Waals surface area contributed by atoms with E-state index >= 15 is 0 Å². The maximum absolute atomic E-state index is 12.9. The van der Waals surface area contributed by atoms with Crippen LogP contribution in [0.1, 0.15) is 43.0 Å². The van der Waals surface area contributed by atoms with Crippen LogP contribution in [-0.4, -0.2) is 56.9 Å². The quantitative estimate of drug-likeness (QED) is 0.703. The molecule has 0 aliphatic carbocycles. The van der Waals surface area contributed by atoms with Crippen LogP contribution in [0, 0.1) is 0 Å². The lowest BCUT2D eigenvalue weighted by molar-refractivity contribution is -0.127. The zero-order valence-electron chi connectivity index (χ0n) is 15.9. The Labute approximate surface area is 164 Å². The van der Waals surface area contributed by atoms with Crippen LogP contribution in [0.5, 0.6) is 0 Å². The van der Waals surface area contributed by atoms with Crippen molar-refractivity contribution in [2.75, 3.05) is 20.1 Å². The lowest BCUT2D eigenvalue weighted by Gasteiger charge is -2.20. The van der Waals surface area contributed by atoms with E-state index in [2.05, 4.69) is 5.32 Å². The molecule has 10 heteroatoms. The van der Waals surface area contributed by atoms with Gasteiger partial charge in [-0.2, -0.15) is 4.31 Å². The second-order valence-corrected chi connectivity index (χ2v) is 8.40. The van der Waals surface area contributed by atoms with E-state index < -0.39 is 34.0 Å². The monoisotopic (exact) mass is 411 g/mol. The van der Waals surface area contributed by atoms with Crippen molar-refractivity contribution in [1.29, 1.82) is 0 Å². The summed E-state index contributed by atoms with van der Waals surface area (Å²) in [5, 5.41) is 4.21. The fourth-order valence-electron chi connectivity index (χ4n) is 2.77. The molecule has 1 aromatic carbocycles. The number of nitrogens with zero attached hydrogens (tertiary/aromatic N) is 1. The predicted molar refractivity (Wildman–Crippen MR) is 101 cm³/mol. The summed E-state index contributed by atoms with van der Waals surface area (Å²) in [4.78, 5) is 35.3. The maximum atomic E-state index is 12.9. The molecule has 1 aromatic rings. The van der Waals surface area contributed by atoms with Gasteiger partial charge in [0.2, 0.25) is 10.0 Å². The molecular formula is C18H25N3O6S. The minimum atomic E-state index is -3.71. The van der Waals surface area contributed by atoms with Gasteiger partial charge in [-0.05, 0) is 38.0 Å². The fourth-order valence-corrected chi connectivity index (χ4v) is 4.34. The maximum Gasteiger partial charge on any atom is 0.338 e. The van der Waals surface area contributed by atoms with Crippen molar-refractivity contribution >= 4 is 27.9 Å². The van der Waals surface area contributed by atoms with Crippen LogP contribution in [-0.2, 0) is 19.6 Å². The van der Waals surface area contributed by atoms with Gasteiger partial charge >= 0.3 is 12.0 Å². The van der Waals surface area contributed by atoms with Crippen molar-refractivity contribution in [1.82, 2.24) is 14.9 Å². The van der Waals surface area contributed by atoms with Gasteiger partial charge in [-0.3, -0.25) is 10.1 Å². The molecule has 0 spiro atoms. The Bertz CT molecular complexity index is 831. The standard InChI is InChI=1S/C18H25N3O6S/c1-13(16(22)20-18(24)19-2)27-17(23)14-8-7-9-15(12-14)28(25,26)21-10-5-3-4-6-11-21/h7-9,12-13H,3-6,10-11H2,1-2H3,(H2,19,20,22,24)/t13-/m0/s1. The molecule has 0 unspecified atom stereocenters. The smallest absolute Gasteiger partial charge is 0.338 e. The number of amides is 3. The van der Waals surface area contributed by atoms with Crippen LogP contribution in [0.2, 0.25) is 0 Å². The van der Waals surface area contributed by atoms with Crippen molar-refractivity contribution in [2.45, 2.75) is 43.6 Å². The third-order valence-corrected chi connectivity index (χ3v) is 6.28. The summed E-state index contributed by atoms with van der Waals surface area (Å²) >= 11 is 0. The van der Waals surface area contributed by atoms with Crippen LogP contribution in [0.15, 0.2) is 29.2 Å². The number of hydrogen-bond acceptors (Lipinski definition) is 6. The van der Waals surface area contributed by atoms with E-state index in [0.717, 1.165) is 25.7 Å². The normalized spacial score (nSPS) is 16.5. The van der Waals surface area contributed by atoms with Crippen molar-refractivity contribution in [2.24, 2.45) is 0 Å². The number of carbonyl (C=O) groups excluding carboxylic acids is 3. The van der Waals surface area contributed by atoms with Crippen molar-refractivity contribution < 1.29 is 27.5 Å². The highest BCUT2D eigenvalue weighted by Gasteiger charge is 2.27. The molecule has 0 radical (unpaired) electrons. The van der Waals surface area contributed by atoms with Gasteiger partial charge in [-0.1, -0.05) is 18.9 Å². The van der Waals surface area contributed by atoms with E-state index in [-0.39, 0.29) is 10.5 Å². The number of urea groups is 1. The molecule has 1 aliphatic rings. The van der Waals surface area contributed by atoms with Gasteiger partial charge < -0.3 is 10.1 Å². The topological polar surface area (TPSA) is 122 Å². The number of sulfonamides is 1. The number of esters is 1. The molecule has 154 valence electrons. The Balaban J connectivity index is 2.12. The summed E-state index contributed by atoms with van der Waals surface area (Å²) in [6, 6.07) is 4.81. The SMILES string of the molecule is CNC(=O)NC(=O)[C@H](C)OC(=O)c1cccc(S(=O)(=O)N2CCCCCC2)c1. The summed E-state index contributed by atoms with van der Waals surface area (Å²) in [7, 11) is -2.37. The van der Waals surface area contributed by atoms with Crippen LogP contribution in [0.25, 0.3) is 0 Å². The molecule has 28 heavy (non-hydrogen) atoms. The Morgan fingerprint density at radius 3 is 2.36 bits per heavy atom. The number of imide groups is 1. The Morgan fingerprint density at radius 2 is 1.75 bits per heavy atom. The molecule has 1 fully saturated rings. The Morgan fingerprint density at radius 1 is 1.11 bits per heavy atom. The second-order valence-electron chi connectivity index (χ2n) is 6.46. The minimum absolute atomic E-state index is 0.00585. The molecule has 3 amide bonds. The van der Waals surface area contributed by atoms with Crippen molar-refractivity contribution in [3.05, 3.63) is 29.8 Å². The molecule has 1 atom stereocenters. The number of ether oxygens (including phenoxy) is 1. The van der Waals surface area contributed by atoms with Crippen molar-refractivity contribution in [3.63, 3.8) is 0 Å². The predicted octanol–water partition coefficient (Wildman–Crippen LogP) is 1.25. The van der Waals surface area contributed by atoms with Gasteiger partial charge in [0.05, 0.1) is 10.5 Å². The highest BCUT2D eigenvalue weighted by Crippen LogP contribution is 2.21. The third-order valence-electron chi connectivity index (χ3n) is 4.39. The summed E-state index contributed by atoms with van der Waals surface area (Å²) in [5.74, 6) is -1.64. The zero-order chi connectivity index (χ0) is 20.7. The molecule has 1 heterocycles. The van der Waals surface area contributed by atoms with Gasteiger partial charge in [-0.25, -0.2) is 18.0 Å². The summed E-state index contributed by atoms with van der Waals surface area (Å²) < 4.78 is 32.2. The number of hydrogen-bond donors (Lipinski definition) is 2. The average molecular weight is 411 g/mol. The lowest BCUT2D eigenvalue weighted by Crippen LogP contribution is -2.43. The van der Waals surface area contributed by atoms with E-state index in [4.69, 9.17) is 4.74 Å². The highest BCUT2D eigenvalue weighted by molar-refractivity contribution is 7.89. The van der Waals surface area contributed by atoms with E-state index in [1.807, 2.05) is 5.32 Å². The molecule has 2 rings (SSSR count). The molecule has 0 aromatic heterocycles. The van der Waals surface area contributed by atoms with Gasteiger partial charge in [0, 0.05) is 20.1 Å². The molecule has 0 bridgehead atoms. The fraction of sp³-hybridized carbons (Fsp3) is 0.500. The first-order valence-corrected chi connectivity index (χ1v) is 10.5. The third kappa shape index (κ3) is 5.52. The van der Waals surface area contributed by atoms with E-state index in [9.17, 15) is 22.8 Å². The molecule has 9 nitrogen and oxygen atoms in total. The van der Waals surface area contributed by atoms with Gasteiger partial charge in [0.25, 0.3) is 5.91 Å². The number of benzene rings is 1. The molecule has 1 saturated heterocycles. The highest BCUT2D eigenvalue weighted by atomic mass is 32.2. The molecular weight excluding hydrogens is 386 g/mol. The first kappa shape index (κ1) is 21.8. The van der Waals surface area contributed by atoms with E-state index in [1.165, 1.54) is 42.5 Å². The second kappa shape index (κ2) is 9.65. The number of carbonyl (C=O) groups is 3. The number of nitrogens with one attached hydrogen (secondary N) is 2. The van der Waals surface area contributed by atoms with Crippen molar-refractivity contribution in [3.8, 4) is 0 Å².